The van der Waals surface area contributed by atoms with Gasteiger partial charge in [-0.25, -0.2) is 0 Å². The quantitative estimate of drug-likeness (QED) is 0.917. The SMILES string of the molecule is O=C(NC1CC1C1CCCCC1)c1cc(C2CC2)on1. The standard InChI is InChI=1S/C16H22N2O2/c19-16(14-9-15(20-18-14)11-6-7-11)17-13-8-12(13)10-4-2-1-3-5-10/h9-13H,1-8H2,(H,17,19). The van der Waals surface area contributed by atoms with E-state index in [1.54, 1.807) is 0 Å². The van der Waals surface area contributed by atoms with Crippen molar-refractivity contribution in [3.05, 3.63) is 17.5 Å². The van der Waals surface area contributed by atoms with Crippen LogP contribution in [0.2, 0.25) is 0 Å². The minimum absolute atomic E-state index is 0.0519. The first-order chi connectivity index (χ1) is 9.81. The summed E-state index contributed by atoms with van der Waals surface area (Å²) in [5.74, 6) is 2.90. The second kappa shape index (κ2) is 4.90. The van der Waals surface area contributed by atoms with E-state index in [0.717, 1.165) is 18.1 Å². The first kappa shape index (κ1) is 12.4. The summed E-state index contributed by atoms with van der Waals surface area (Å²) in [5, 5.41) is 7.04. The van der Waals surface area contributed by atoms with Crippen LogP contribution in [0.3, 0.4) is 0 Å². The average Bonchev–Trinajstić information content (AvgIpc) is 3.40. The number of carbonyl (C=O) groups excluding carboxylic acids is 1. The second-order valence-electron chi connectivity index (χ2n) is 6.77. The molecule has 4 nitrogen and oxygen atoms in total. The van der Waals surface area contributed by atoms with Gasteiger partial charge in [-0.15, -0.1) is 0 Å². The van der Waals surface area contributed by atoms with E-state index in [9.17, 15) is 4.79 Å². The molecule has 3 aliphatic carbocycles. The third-order valence-corrected chi connectivity index (χ3v) is 5.15. The minimum atomic E-state index is -0.0519. The molecule has 0 aromatic carbocycles. The molecular weight excluding hydrogens is 252 g/mol. The van der Waals surface area contributed by atoms with Gasteiger partial charge in [0.05, 0.1) is 0 Å². The number of rotatable bonds is 4. The van der Waals surface area contributed by atoms with Crippen molar-refractivity contribution in [2.24, 2.45) is 11.8 Å². The summed E-state index contributed by atoms with van der Waals surface area (Å²) >= 11 is 0. The number of amides is 1. The highest BCUT2D eigenvalue weighted by molar-refractivity contribution is 5.92. The molecule has 1 aromatic rings. The molecule has 2 atom stereocenters. The molecule has 108 valence electrons. The highest BCUT2D eigenvalue weighted by atomic mass is 16.5. The topological polar surface area (TPSA) is 55.1 Å². The van der Waals surface area contributed by atoms with Crippen LogP contribution >= 0.6 is 0 Å². The summed E-state index contributed by atoms with van der Waals surface area (Å²) in [5.41, 5.74) is 0.459. The van der Waals surface area contributed by atoms with Crippen molar-refractivity contribution in [3.63, 3.8) is 0 Å². The summed E-state index contributed by atoms with van der Waals surface area (Å²) in [6.45, 7) is 0. The molecule has 1 N–H and O–H groups in total. The van der Waals surface area contributed by atoms with Gasteiger partial charge in [0.15, 0.2) is 5.69 Å². The number of hydrogen-bond donors (Lipinski definition) is 1. The maximum absolute atomic E-state index is 12.1. The van der Waals surface area contributed by atoms with Gasteiger partial charge in [-0.2, -0.15) is 0 Å². The van der Waals surface area contributed by atoms with Crippen LogP contribution in [0, 0.1) is 11.8 Å². The summed E-state index contributed by atoms with van der Waals surface area (Å²) in [6, 6.07) is 2.21. The average molecular weight is 274 g/mol. The molecule has 3 fully saturated rings. The number of nitrogens with zero attached hydrogens (tertiary/aromatic N) is 1. The van der Waals surface area contributed by atoms with Crippen molar-refractivity contribution >= 4 is 5.91 Å². The Morgan fingerprint density at radius 2 is 2.00 bits per heavy atom. The van der Waals surface area contributed by atoms with E-state index in [2.05, 4.69) is 10.5 Å². The lowest BCUT2D eigenvalue weighted by molar-refractivity contribution is 0.0937. The minimum Gasteiger partial charge on any atom is -0.360 e. The third kappa shape index (κ3) is 2.48. The molecule has 0 bridgehead atoms. The van der Waals surface area contributed by atoms with E-state index in [4.69, 9.17) is 4.52 Å². The fourth-order valence-corrected chi connectivity index (χ4v) is 3.66. The summed E-state index contributed by atoms with van der Waals surface area (Å²) in [6.07, 6.45) is 10.3. The Labute approximate surface area is 119 Å². The summed E-state index contributed by atoms with van der Waals surface area (Å²) in [4.78, 5) is 12.1. The van der Waals surface area contributed by atoms with E-state index in [1.165, 1.54) is 44.9 Å². The molecule has 3 saturated carbocycles. The maximum Gasteiger partial charge on any atom is 0.273 e. The Morgan fingerprint density at radius 1 is 1.20 bits per heavy atom. The Morgan fingerprint density at radius 3 is 2.75 bits per heavy atom. The fraction of sp³-hybridized carbons (Fsp3) is 0.750. The second-order valence-corrected chi connectivity index (χ2v) is 6.77. The molecule has 2 unspecified atom stereocenters. The van der Waals surface area contributed by atoms with Crippen LogP contribution in [-0.4, -0.2) is 17.1 Å². The highest BCUT2D eigenvalue weighted by Gasteiger charge is 2.44. The van der Waals surface area contributed by atoms with Gasteiger partial charge < -0.3 is 9.84 Å². The van der Waals surface area contributed by atoms with E-state index < -0.39 is 0 Å². The predicted octanol–water partition coefficient (Wildman–Crippen LogP) is 3.25. The Bertz CT molecular complexity index is 500. The van der Waals surface area contributed by atoms with Gasteiger partial charge in [0.2, 0.25) is 0 Å². The summed E-state index contributed by atoms with van der Waals surface area (Å²) < 4.78 is 5.24. The lowest BCUT2D eigenvalue weighted by Gasteiger charge is -2.21. The van der Waals surface area contributed by atoms with Gasteiger partial charge in [0.25, 0.3) is 5.91 Å². The molecular formula is C16H22N2O2. The van der Waals surface area contributed by atoms with Crippen molar-refractivity contribution in [2.75, 3.05) is 0 Å². The largest absolute Gasteiger partial charge is 0.360 e. The first-order valence-electron chi connectivity index (χ1n) is 8.09. The smallest absolute Gasteiger partial charge is 0.273 e. The van der Waals surface area contributed by atoms with E-state index >= 15 is 0 Å². The molecule has 4 rings (SSSR count). The van der Waals surface area contributed by atoms with Crippen LogP contribution < -0.4 is 5.32 Å². The van der Waals surface area contributed by atoms with Gasteiger partial charge in [-0.05, 0) is 31.1 Å². The number of nitrogens with one attached hydrogen (secondary N) is 1. The van der Waals surface area contributed by atoms with Crippen molar-refractivity contribution in [3.8, 4) is 0 Å². The lowest BCUT2D eigenvalue weighted by Crippen LogP contribution is -2.28. The number of carbonyl (C=O) groups is 1. The van der Waals surface area contributed by atoms with Crippen molar-refractivity contribution in [2.45, 2.75) is 63.3 Å². The van der Waals surface area contributed by atoms with Gasteiger partial charge in [0, 0.05) is 18.0 Å². The Hall–Kier alpha value is -1.32. The molecule has 0 saturated heterocycles. The molecule has 20 heavy (non-hydrogen) atoms. The lowest BCUT2D eigenvalue weighted by atomic mass is 9.85. The highest BCUT2D eigenvalue weighted by Crippen LogP contribution is 2.44. The van der Waals surface area contributed by atoms with Crippen LogP contribution in [0.25, 0.3) is 0 Å². The van der Waals surface area contributed by atoms with Crippen molar-refractivity contribution < 1.29 is 9.32 Å². The zero-order valence-corrected chi connectivity index (χ0v) is 11.8. The van der Waals surface area contributed by atoms with E-state index in [1.807, 2.05) is 6.07 Å². The van der Waals surface area contributed by atoms with Gasteiger partial charge in [0.1, 0.15) is 5.76 Å². The molecule has 0 radical (unpaired) electrons. The van der Waals surface area contributed by atoms with Crippen LogP contribution in [0.5, 0.6) is 0 Å². The number of aromatic nitrogens is 1. The molecule has 1 aromatic heterocycles. The van der Waals surface area contributed by atoms with Crippen LogP contribution in [0.1, 0.15) is 73.5 Å². The Balaban J connectivity index is 1.31. The molecule has 0 spiro atoms. The molecule has 1 amide bonds. The molecule has 0 aliphatic heterocycles. The van der Waals surface area contributed by atoms with Crippen LogP contribution in [0.4, 0.5) is 0 Å². The third-order valence-electron chi connectivity index (χ3n) is 5.15. The van der Waals surface area contributed by atoms with Gasteiger partial charge in [-0.3, -0.25) is 4.79 Å². The van der Waals surface area contributed by atoms with Crippen molar-refractivity contribution in [1.82, 2.24) is 10.5 Å². The number of hydrogen-bond acceptors (Lipinski definition) is 3. The van der Waals surface area contributed by atoms with E-state index in [0.29, 0.717) is 23.6 Å². The molecule has 1 heterocycles. The van der Waals surface area contributed by atoms with Crippen LogP contribution in [0.15, 0.2) is 10.6 Å². The van der Waals surface area contributed by atoms with Crippen LogP contribution in [-0.2, 0) is 0 Å². The first-order valence-corrected chi connectivity index (χ1v) is 8.09. The summed E-state index contributed by atoms with van der Waals surface area (Å²) in [7, 11) is 0. The van der Waals surface area contributed by atoms with Gasteiger partial charge >= 0.3 is 0 Å². The normalized spacial score (nSPS) is 30.2. The Kier molecular flexibility index (Phi) is 3.04. The zero-order valence-electron chi connectivity index (χ0n) is 11.8. The predicted molar refractivity (Wildman–Crippen MR) is 74.4 cm³/mol. The zero-order chi connectivity index (χ0) is 13.5. The van der Waals surface area contributed by atoms with Crippen molar-refractivity contribution in [1.29, 1.82) is 0 Å². The maximum atomic E-state index is 12.1. The fourth-order valence-electron chi connectivity index (χ4n) is 3.66. The van der Waals surface area contributed by atoms with E-state index in [-0.39, 0.29) is 5.91 Å². The molecule has 4 heteroatoms. The monoisotopic (exact) mass is 274 g/mol. The van der Waals surface area contributed by atoms with Gasteiger partial charge in [-0.1, -0.05) is 37.3 Å². The molecule has 3 aliphatic rings.